The fourth-order valence-electron chi connectivity index (χ4n) is 4.55. The van der Waals surface area contributed by atoms with Gasteiger partial charge in [-0.05, 0) is 80.4 Å². The van der Waals surface area contributed by atoms with Crippen LogP contribution in [-0.4, -0.2) is 19.3 Å². The van der Waals surface area contributed by atoms with Crippen molar-refractivity contribution in [2.24, 2.45) is 11.8 Å². The van der Waals surface area contributed by atoms with Gasteiger partial charge in [0.1, 0.15) is 0 Å². The van der Waals surface area contributed by atoms with Gasteiger partial charge in [0.15, 0.2) is 11.6 Å². The van der Waals surface area contributed by atoms with Crippen LogP contribution in [0.2, 0.25) is 0 Å². The van der Waals surface area contributed by atoms with Gasteiger partial charge in [0, 0.05) is 6.61 Å². The smallest absolute Gasteiger partial charge is 0.387 e. The standard InChI is InChI=1S/C20H27F3O2/c1-2-9-24-17-7-5-14-10-13(3-4-15(14)11-17)16-6-8-19(18(21)12-16)25-20(22)23/h6,8,12-15,17,20H,2-5,7,9-11H2,1H3. The lowest BCUT2D eigenvalue weighted by Gasteiger charge is -2.42. The largest absolute Gasteiger partial charge is 0.432 e. The van der Waals surface area contributed by atoms with Crippen molar-refractivity contribution in [2.45, 2.75) is 70.5 Å². The van der Waals surface area contributed by atoms with Crippen molar-refractivity contribution in [3.05, 3.63) is 29.6 Å². The highest BCUT2D eigenvalue weighted by molar-refractivity contribution is 5.31. The number of hydrogen-bond acceptors (Lipinski definition) is 2. The fourth-order valence-corrected chi connectivity index (χ4v) is 4.55. The molecule has 4 atom stereocenters. The number of hydrogen-bond donors (Lipinski definition) is 0. The third-order valence-electron chi connectivity index (χ3n) is 5.77. The van der Waals surface area contributed by atoms with Crippen LogP contribution in [-0.2, 0) is 4.74 Å². The van der Waals surface area contributed by atoms with Gasteiger partial charge in [0.2, 0.25) is 0 Å². The topological polar surface area (TPSA) is 18.5 Å². The Morgan fingerprint density at radius 1 is 1.08 bits per heavy atom. The molecule has 0 heterocycles. The van der Waals surface area contributed by atoms with Crippen molar-refractivity contribution in [1.29, 1.82) is 0 Å². The molecule has 1 aromatic carbocycles. The van der Waals surface area contributed by atoms with Crippen LogP contribution >= 0.6 is 0 Å². The molecule has 5 heteroatoms. The van der Waals surface area contributed by atoms with Gasteiger partial charge in [0.05, 0.1) is 6.10 Å². The van der Waals surface area contributed by atoms with Gasteiger partial charge in [-0.2, -0.15) is 8.78 Å². The Morgan fingerprint density at radius 2 is 1.84 bits per heavy atom. The molecule has 2 aliphatic carbocycles. The van der Waals surface area contributed by atoms with Crippen molar-refractivity contribution in [3.8, 4) is 5.75 Å². The van der Waals surface area contributed by atoms with Crippen LogP contribution in [0.1, 0.15) is 63.4 Å². The molecular formula is C20H27F3O2. The van der Waals surface area contributed by atoms with Crippen LogP contribution in [0.3, 0.4) is 0 Å². The average molecular weight is 356 g/mol. The predicted octanol–water partition coefficient (Wildman–Crippen LogP) is 5.91. The van der Waals surface area contributed by atoms with Crippen LogP contribution in [0, 0.1) is 17.7 Å². The summed E-state index contributed by atoms with van der Waals surface area (Å²) in [6.45, 7) is -0.0224. The van der Waals surface area contributed by atoms with E-state index in [2.05, 4.69) is 11.7 Å². The molecule has 0 amide bonds. The molecule has 2 saturated carbocycles. The monoisotopic (exact) mass is 356 g/mol. The zero-order chi connectivity index (χ0) is 17.8. The van der Waals surface area contributed by atoms with E-state index in [1.54, 1.807) is 6.07 Å². The Bertz CT molecular complexity index is 564. The number of ether oxygens (including phenoxy) is 2. The second-order valence-corrected chi connectivity index (χ2v) is 7.40. The van der Waals surface area contributed by atoms with Gasteiger partial charge >= 0.3 is 6.61 Å². The van der Waals surface area contributed by atoms with E-state index in [0.29, 0.717) is 23.9 Å². The first-order valence-corrected chi connectivity index (χ1v) is 9.42. The Morgan fingerprint density at radius 3 is 2.56 bits per heavy atom. The van der Waals surface area contributed by atoms with Crippen LogP contribution < -0.4 is 4.74 Å². The van der Waals surface area contributed by atoms with E-state index in [9.17, 15) is 13.2 Å². The summed E-state index contributed by atoms with van der Waals surface area (Å²) in [5, 5.41) is 0. The minimum absolute atomic E-state index is 0.310. The quantitative estimate of drug-likeness (QED) is 0.631. The summed E-state index contributed by atoms with van der Waals surface area (Å²) in [4.78, 5) is 0. The summed E-state index contributed by atoms with van der Waals surface area (Å²) < 4.78 is 48.6. The van der Waals surface area contributed by atoms with E-state index < -0.39 is 12.4 Å². The van der Waals surface area contributed by atoms with Crippen LogP contribution in [0.4, 0.5) is 13.2 Å². The van der Waals surface area contributed by atoms with Gasteiger partial charge in [-0.15, -0.1) is 0 Å². The summed E-state index contributed by atoms with van der Waals surface area (Å²) in [5.74, 6) is 0.612. The minimum atomic E-state index is -3.00. The zero-order valence-corrected chi connectivity index (χ0v) is 14.7. The van der Waals surface area contributed by atoms with Crippen molar-refractivity contribution in [2.75, 3.05) is 6.61 Å². The zero-order valence-electron chi connectivity index (χ0n) is 14.7. The second kappa shape index (κ2) is 8.43. The van der Waals surface area contributed by atoms with Crippen LogP contribution in [0.15, 0.2) is 18.2 Å². The Balaban J connectivity index is 1.59. The lowest BCUT2D eigenvalue weighted by Crippen LogP contribution is -2.33. The molecule has 0 aliphatic heterocycles. The van der Waals surface area contributed by atoms with Crippen LogP contribution in [0.25, 0.3) is 0 Å². The molecule has 0 aromatic heterocycles. The van der Waals surface area contributed by atoms with Crippen molar-refractivity contribution >= 4 is 0 Å². The summed E-state index contributed by atoms with van der Waals surface area (Å²) in [6, 6.07) is 4.44. The number of halogens is 3. The van der Waals surface area contributed by atoms with Crippen molar-refractivity contribution in [3.63, 3.8) is 0 Å². The molecule has 2 nitrogen and oxygen atoms in total. The van der Waals surface area contributed by atoms with Crippen molar-refractivity contribution < 1.29 is 22.6 Å². The van der Waals surface area contributed by atoms with E-state index in [4.69, 9.17) is 4.74 Å². The first-order valence-electron chi connectivity index (χ1n) is 9.42. The highest BCUT2D eigenvalue weighted by Gasteiger charge is 2.36. The third kappa shape index (κ3) is 4.69. The Labute approximate surface area is 147 Å². The number of benzene rings is 1. The lowest BCUT2D eigenvalue weighted by atomic mass is 9.65. The van der Waals surface area contributed by atoms with Gasteiger partial charge < -0.3 is 9.47 Å². The summed E-state index contributed by atoms with van der Waals surface area (Å²) in [6.07, 6.45) is 8.11. The first kappa shape index (κ1) is 18.6. The maximum absolute atomic E-state index is 14.0. The molecule has 0 N–H and O–H groups in total. The Hall–Kier alpha value is -1.23. The van der Waals surface area contributed by atoms with Gasteiger partial charge in [-0.25, -0.2) is 4.39 Å². The number of rotatable bonds is 6. The highest BCUT2D eigenvalue weighted by Crippen LogP contribution is 2.47. The average Bonchev–Trinajstić information content (AvgIpc) is 2.60. The third-order valence-corrected chi connectivity index (χ3v) is 5.77. The molecule has 0 saturated heterocycles. The number of alkyl halides is 2. The maximum Gasteiger partial charge on any atom is 0.387 e. The lowest BCUT2D eigenvalue weighted by molar-refractivity contribution is -0.0522. The molecule has 3 rings (SSSR count). The SMILES string of the molecule is CCCOC1CCC2CC(c3ccc(OC(F)F)c(F)c3)CCC2C1. The predicted molar refractivity (Wildman–Crippen MR) is 90.5 cm³/mol. The summed E-state index contributed by atoms with van der Waals surface area (Å²) in [5.41, 5.74) is 0.905. The minimum Gasteiger partial charge on any atom is -0.432 e. The summed E-state index contributed by atoms with van der Waals surface area (Å²) in [7, 11) is 0. The van der Waals surface area contributed by atoms with Gasteiger partial charge in [0.25, 0.3) is 0 Å². The molecule has 4 unspecified atom stereocenters. The Kier molecular flexibility index (Phi) is 6.26. The van der Waals surface area contributed by atoms with E-state index in [1.165, 1.54) is 18.6 Å². The van der Waals surface area contributed by atoms with E-state index in [1.807, 2.05) is 0 Å². The highest BCUT2D eigenvalue weighted by atomic mass is 19.3. The molecular weight excluding hydrogens is 329 g/mol. The van der Waals surface area contributed by atoms with Gasteiger partial charge in [-0.1, -0.05) is 13.0 Å². The molecule has 2 fully saturated rings. The first-order chi connectivity index (χ1) is 12.1. The fraction of sp³-hybridized carbons (Fsp3) is 0.700. The molecule has 25 heavy (non-hydrogen) atoms. The normalized spacial score (nSPS) is 29.5. The number of fused-ring (bicyclic) bond motifs is 1. The maximum atomic E-state index is 14.0. The molecule has 2 aliphatic rings. The summed E-state index contributed by atoms with van der Waals surface area (Å²) >= 11 is 0. The van der Waals surface area contributed by atoms with E-state index in [0.717, 1.165) is 50.7 Å². The van der Waals surface area contributed by atoms with E-state index >= 15 is 0 Å². The second-order valence-electron chi connectivity index (χ2n) is 7.40. The molecule has 0 radical (unpaired) electrons. The molecule has 0 bridgehead atoms. The molecule has 1 aromatic rings. The van der Waals surface area contributed by atoms with Crippen LogP contribution in [0.5, 0.6) is 5.75 Å². The van der Waals surface area contributed by atoms with Gasteiger partial charge in [-0.3, -0.25) is 0 Å². The molecule has 0 spiro atoms. The van der Waals surface area contributed by atoms with Crippen molar-refractivity contribution in [1.82, 2.24) is 0 Å². The molecule has 140 valence electrons. The van der Waals surface area contributed by atoms with E-state index in [-0.39, 0.29) is 5.75 Å².